The second-order valence-corrected chi connectivity index (χ2v) is 7.32. The first-order valence-electron chi connectivity index (χ1n) is 9.07. The van der Waals surface area contributed by atoms with Crippen LogP contribution in [0, 0.1) is 24.7 Å². The number of rotatable bonds is 4. The van der Waals surface area contributed by atoms with Crippen LogP contribution in [-0.2, 0) is 11.2 Å². The average Bonchev–Trinajstić information content (AvgIpc) is 3.32. The molecule has 140 valence electrons. The summed E-state index contributed by atoms with van der Waals surface area (Å²) in [4.78, 5) is 17.2. The van der Waals surface area contributed by atoms with Crippen molar-refractivity contribution >= 4 is 24.0 Å². The molecule has 6 nitrogen and oxygen atoms in total. The zero-order valence-electron chi connectivity index (χ0n) is 15.1. The molecule has 4 atom stereocenters. The van der Waals surface area contributed by atoms with Crippen molar-refractivity contribution in [2.24, 2.45) is 23.5 Å². The van der Waals surface area contributed by atoms with Crippen LogP contribution in [0.1, 0.15) is 37.6 Å². The minimum atomic E-state index is -0.0723. The number of aryl methyl sites for hydroxylation is 2. The molecule has 4 unspecified atom stereocenters. The van der Waals surface area contributed by atoms with E-state index in [0.29, 0.717) is 23.6 Å². The van der Waals surface area contributed by atoms with Gasteiger partial charge >= 0.3 is 0 Å². The molecule has 7 heteroatoms. The molecule has 0 spiro atoms. The van der Waals surface area contributed by atoms with E-state index >= 15 is 0 Å². The fourth-order valence-electron chi connectivity index (χ4n) is 4.35. The summed E-state index contributed by atoms with van der Waals surface area (Å²) < 4.78 is 5.30. The number of nitrogens with zero attached hydrogens (tertiary/aromatic N) is 2. The molecule has 1 aromatic heterocycles. The van der Waals surface area contributed by atoms with Crippen LogP contribution in [0.4, 0.5) is 5.69 Å². The maximum atomic E-state index is 12.8. The molecule has 2 bridgehead atoms. The van der Waals surface area contributed by atoms with E-state index in [-0.39, 0.29) is 30.3 Å². The molecule has 2 aliphatic carbocycles. The minimum Gasteiger partial charge on any atom is -0.334 e. The Morgan fingerprint density at radius 1 is 1.35 bits per heavy atom. The van der Waals surface area contributed by atoms with E-state index in [1.165, 1.54) is 6.42 Å². The van der Waals surface area contributed by atoms with Gasteiger partial charge in [-0.2, -0.15) is 4.98 Å². The fraction of sp³-hybridized carbons (Fsp3) is 0.526. The molecule has 1 amide bonds. The van der Waals surface area contributed by atoms with Crippen molar-refractivity contribution in [1.29, 1.82) is 0 Å². The Bertz CT molecular complexity index is 805. The molecule has 2 saturated carbocycles. The first-order valence-corrected chi connectivity index (χ1v) is 9.07. The van der Waals surface area contributed by atoms with Crippen molar-refractivity contribution in [3.8, 4) is 11.5 Å². The van der Waals surface area contributed by atoms with Crippen molar-refractivity contribution in [2.75, 3.05) is 5.32 Å². The molecule has 2 aliphatic rings. The van der Waals surface area contributed by atoms with Gasteiger partial charge in [-0.15, -0.1) is 12.4 Å². The van der Waals surface area contributed by atoms with Crippen LogP contribution in [0.25, 0.3) is 11.5 Å². The van der Waals surface area contributed by atoms with Crippen molar-refractivity contribution in [2.45, 2.75) is 45.6 Å². The number of carbonyl (C=O) groups is 1. The molecule has 2 fully saturated rings. The lowest BCUT2D eigenvalue weighted by Gasteiger charge is -2.27. The largest absolute Gasteiger partial charge is 0.334 e. The number of hydrogen-bond donors (Lipinski definition) is 2. The Kier molecular flexibility index (Phi) is 5.34. The summed E-state index contributed by atoms with van der Waals surface area (Å²) in [6.07, 6.45) is 4.11. The molecule has 1 heterocycles. The van der Waals surface area contributed by atoms with Gasteiger partial charge in [0.25, 0.3) is 5.89 Å². The second kappa shape index (κ2) is 7.37. The highest BCUT2D eigenvalue weighted by atomic mass is 35.5. The zero-order chi connectivity index (χ0) is 17.6. The zero-order valence-corrected chi connectivity index (χ0v) is 15.9. The second-order valence-electron chi connectivity index (χ2n) is 7.32. The summed E-state index contributed by atoms with van der Waals surface area (Å²) in [6.45, 7) is 3.96. The van der Waals surface area contributed by atoms with Gasteiger partial charge in [-0.05, 0) is 55.7 Å². The van der Waals surface area contributed by atoms with E-state index in [9.17, 15) is 4.79 Å². The monoisotopic (exact) mass is 376 g/mol. The van der Waals surface area contributed by atoms with E-state index in [0.717, 1.165) is 36.1 Å². The topological polar surface area (TPSA) is 94.0 Å². The van der Waals surface area contributed by atoms with E-state index in [1.54, 1.807) is 0 Å². The van der Waals surface area contributed by atoms with Crippen LogP contribution in [0.3, 0.4) is 0 Å². The van der Waals surface area contributed by atoms with Gasteiger partial charge in [0.1, 0.15) is 0 Å². The number of hydrogen-bond acceptors (Lipinski definition) is 5. The number of carbonyl (C=O) groups excluding carboxylic acids is 1. The number of nitrogens with two attached hydrogens (primary N) is 1. The summed E-state index contributed by atoms with van der Waals surface area (Å²) in [7, 11) is 0. The maximum Gasteiger partial charge on any atom is 0.257 e. The van der Waals surface area contributed by atoms with Gasteiger partial charge in [-0.1, -0.05) is 18.1 Å². The van der Waals surface area contributed by atoms with Crippen molar-refractivity contribution in [3.63, 3.8) is 0 Å². The number of benzene rings is 1. The normalized spacial score (nSPS) is 26.6. The van der Waals surface area contributed by atoms with Crippen molar-refractivity contribution in [3.05, 3.63) is 29.6 Å². The Labute approximate surface area is 159 Å². The molecule has 0 aliphatic heterocycles. The van der Waals surface area contributed by atoms with Gasteiger partial charge in [0.05, 0.1) is 5.92 Å². The number of amides is 1. The number of halogens is 1. The van der Waals surface area contributed by atoms with Crippen LogP contribution >= 0.6 is 12.4 Å². The summed E-state index contributed by atoms with van der Waals surface area (Å²) in [5, 5.41) is 7.02. The van der Waals surface area contributed by atoms with Gasteiger partial charge in [0.2, 0.25) is 5.91 Å². The summed E-state index contributed by atoms with van der Waals surface area (Å²) in [5.41, 5.74) is 8.90. The first-order chi connectivity index (χ1) is 12.1. The third-order valence-electron chi connectivity index (χ3n) is 5.81. The van der Waals surface area contributed by atoms with Crippen LogP contribution in [0.5, 0.6) is 0 Å². The van der Waals surface area contributed by atoms with Gasteiger partial charge in [-0.25, -0.2) is 0 Å². The van der Waals surface area contributed by atoms with Gasteiger partial charge in [-0.3, -0.25) is 4.79 Å². The number of fused-ring (bicyclic) bond motifs is 2. The third-order valence-corrected chi connectivity index (χ3v) is 5.81. The molecule has 3 N–H and O–H groups in total. The van der Waals surface area contributed by atoms with Crippen molar-refractivity contribution < 1.29 is 9.32 Å². The third kappa shape index (κ3) is 3.23. The lowest BCUT2D eigenvalue weighted by atomic mass is 9.84. The van der Waals surface area contributed by atoms with Gasteiger partial charge in [0.15, 0.2) is 5.82 Å². The highest BCUT2D eigenvalue weighted by Crippen LogP contribution is 2.48. The highest BCUT2D eigenvalue weighted by Gasteiger charge is 2.49. The van der Waals surface area contributed by atoms with Gasteiger partial charge in [0, 0.05) is 23.7 Å². The lowest BCUT2D eigenvalue weighted by molar-refractivity contribution is -0.121. The Balaban J connectivity index is 0.00000196. The SMILES string of the molecule is CCc1noc(-c2ccc(C)c(NC(=O)C3C4CCC(C4)C3N)c2)n1.Cl. The minimum absolute atomic E-state index is 0. The maximum absolute atomic E-state index is 12.8. The predicted octanol–water partition coefficient (Wildman–Crippen LogP) is 3.34. The highest BCUT2D eigenvalue weighted by molar-refractivity contribution is 5.94. The number of aromatic nitrogens is 2. The summed E-state index contributed by atoms with van der Waals surface area (Å²) >= 11 is 0. The standard InChI is InChI=1S/C19H24N4O2.ClH/c1-3-15-22-19(25-23-15)13-5-4-10(2)14(9-13)21-18(24)16-11-6-7-12(8-11)17(16)20;/h4-5,9,11-12,16-17H,3,6-8,20H2,1-2H3,(H,21,24);1H. The van der Waals surface area contributed by atoms with Crippen LogP contribution in [-0.4, -0.2) is 22.1 Å². The smallest absolute Gasteiger partial charge is 0.257 e. The van der Waals surface area contributed by atoms with E-state index in [4.69, 9.17) is 10.3 Å². The van der Waals surface area contributed by atoms with Crippen LogP contribution < -0.4 is 11.1 Å². The molecule has 4 rings (SSSR count). The fourth-order valence-corrected chi connectivity index (χ4v) is 4.35. The molecule has 2 aromatic rings. The summed E-state index contributed by atoms with van der Waals surface area (Å²) in [5.74, 6) is 2.07. The molecular formula is C19H25ClN4O2. The number of anilines is 1. The molecule has 1 aromatic carbocycles. The summed E-state index contributed by atoms with van der Waals surface area (Å²) in [6, 6.07) is 5.78. The van der Waals surface area contributed by atoms with E-state index in [1.807, 2.05) is 32.0 Å². The molecule has 26 heavy (non-hydrogen) atoms. The Morgan fingerprint density at radius 2 is 2.12 bits per heavy atom. The van der Waals surface area contributed by atoms with E-state index < -0.39 is 0 Å². The molecule has 0 saturated heterocycles. The van der Waals surface area contributed by atoms with Crippen LogP contribution in [0.15, 0.2) is 22.7 Å². The van der Waals surface area contributed by atoms with Crippen LogP contribution in [0.2, 0.25) is 0 Å². The number of nitrogens with one attached hydrogen (secondary N) is 1. The Morgan fingerprint density at radius 3 is 2.77 bits per heavy atom. The average molecular weight is 377 g/mol. The predicted molar refractivity (Wildman–Crippen MR) is 102 cm³/mol. The molecule has 0 radical (unpaired) electrons. The molecular weight excluding hydrogens is 352 g/mol. The van der Waals surface area contributed by atoms with Crippen molar-refractivity contribution in [1.82, 2.24) is 10.1 Å². The van der Waals surface area contributed by atoms with Gasteiger partial charge < -0.3 is 15.6 Å². The van der Waals surface area contributed by atoms with E-state index in [2.05, 4.69) is 15.5 Å². The quantitative estimate of drug-likeness (QED) is 0.853. The Hall–Kier alpha value is -1.92. The lowest BCUT2D eigenvalue weighted by Crippen LogP contribution is -2.42. The first kappa shape index (κ1) is 18.9.